The molecule has 6 heteroatoms. The number of carbonyl (C=O) groups is 1. The fourth-order valence-electron chi connectivity index (χ4n) is 2.62. The third-order valence-electron chi connectivity index (χ3n) is 3.95. The number of aromatic nitrogens is 1. The van der Waals surface area contributed by atoms with Crippen LogP contribution in [-0.2, 0) is 11.0 Å². The summed E-state index contributed by atoms with van der Waals surface area (Å²) in [6, 6.07) is 11.9. The van der Waals surface area contributed by atoms with E-state index < -0.39 is 11.7 Å². The molecular weight excluding hydrogens is 341 g/mol. The Morgan fingerprint density at radius 2 is 1.81 bits per heavy atom. The Labute approximate surface area is 148 Å². The maximum absolute atomic E-state index is 12.6. The summed E-state index contributed by atoms with van der Waals surface area (Å²) in [5.74, 6) is -0.292. The van der Waals surface area contributed by atoms with E-state index in [0.29, 0.717) is 16.8 Å². The van der Waals surface area contributed by atoms with Crippen LogP contribution in [0, 0.1) is 0 Å². The number of fused-ring (bicyclic) bond motifs is 1. The SMILES string of the molecule is C=C(CC(=O)Nc1cccc2cnccc12)c1ccc(C(F)(F)F)cc1. The fraction of sp³-hybridized carbons (Fsp3) is 0.100. The first-order valence-corrected chi connectivity index (χ1v) is 7.82. The number of anilines is 1. The standard InChI is InChI=1S/C20H15F3N2O/c1-13(14-5-7-16(8-6-14)20(21,22)23)11-19(26)25-18-4-2-3-15-12-24-10-9-17(15)18/h2-10,12H,1,11H2,(H,25,26). The third kappa shape index (κ3) is 3.91. The molecule has 3 nitrogen and oxygen atoms in total. The van der Waals surface area contributed by atoms with Gasteiger partial charge in [0, 0.05) is 28.9 Å². The molecule has 0 aliphatic carbocycles. The smallest absolute Gasteiger partial charge is 0.325 e. The van der Waals surface area contributed by atoms with Crippen LogP contribution in [0.15, 0.2) is 67.5 Å². The van der Waals surface area contributed by atoms with E-state index in [2.05, 4.69) is 16.9 Å². The van der Waals surface area contributed by atoms with Gasteiger partial charge in [-0.2, -0.15) is 13.2 Å². The highest BCUT2D eigenvalue weighted by molar-refractivity contribution is 6.04. The van der Waals surface area contributed by atoms with E-state index in [9.17, 15) is 18.0 Å². The number of amides is 1. The lowest BCUT2D eigenvalue weighted by Gasteiger charge is -2.11. The van der Waals surface area contributed by atoms with Gasteiger partial charge >= 0.3 is 6.18 Å². The van der Waals surface area contributed by atoms with Crippen LogP contribution >= 0.6 is 0 Å². The maximum atomic E-state index is 12.6. The zero-order valence-electron chi connectivity index (χ0n) is 13.7. The van der Waals surface area contributed by atoms with E-state index in [1.165, 1.54) is 12.1 Å². The minimum atomic E-state index is -4.39. The number of rotatable bonds is 4. The average Bonchev–Trinajstić information content (AvgIpc) is 2.61. The molecule has 0 spiro atoms. The van der Waals surface area contributed by atoms with Crippen LogP contribution in [0.25, 0.3) is 16.3 Å². The van der Waals surface area contributed by atoms with Crippen LogP contribution in [0.4, 0.5) is 18.9 Å². The van der Waals surface area contributed by atoms with Crippen LogP contribution < -0.4 is 5.32 Å². The van der Waals surface area contributed by atoms with Gasteiger partial charge in [0.1, 0.15) is 0 Å². The Bertz CT molecular complexity index is 957. The molecule has 0 atom stereocenters. The highest BCUT2D eigenvalue weighted by Crippen LogP contribution is 2.30. The Kier molecular flexibility index (Phi) is 4.75. The molecule has 0 saturated carbocycles. The number of alkyl halides is 3. The summed E-state index contributed by atoms with van der Waals surface area (Å²) in [5, 5.41) is 4.57. The molecule has 0 aliphatic heterocycles. The van der Waals surface area contributed by atoms with Gasteiger partial charge in [-0.3, -0.25) is 9.78 Å². The first-order valence-electron chi connectivity index (χ1n) is 7.82. The monoisotopic (exact) mass is 356 g/mol. The van der Waals surface area contributed by atoms with E-state index in [1.807, 2.05) is 12.1 Å². The fourth-order valence-corrected chi connectivity index (χ4v) is 2.62. The summed E-state index contributed by atoms with van der Waals surface area (Å²) < 4.78 is 37.8. The molecule has 0 radical (unpaired) electrons. The van der Waals surface area contributed by atoms with Gasteiger partial charge in [0.05, 0.1) is 12.0 Å². The molecule has 132 valence electrons. The van der Waals surface area contributed by atoms with Crippen LogP contribution in [0.3, 0.4) is 0 Å². The molecule has 0 aliphatic rings. The van der Waals surface area contributed by atoms with Crippen molar-refractivity contribution in [1.29, 1.82) is 0 Å². The van der Waals surface area contributed by atoms with E-state index in [0.717, 1.165) is 22.9 Å². The molecule has 1 amide bonds. The van der Waals surface area contributed by atoms with Gasteiger partial charge in [0.15, 0.2) is 0 Å². The van der Waals surface area contributed by atoms with Crippen molar-refractivity contribution in [3.05, 3.63) is 78.6 Å². The van der Waals surface area contributed by atoms with Crippen molar-refractivity contribution in [2.45, 2.75) is 12.6 Å². The summed E-state index contributed by atoms with van der Waals surface area (Å²) in [7, 11) is 0. The van der Waals surface area contributed by atoms with Gasteiger partial charge in [0.2, 0.25) is 5.91 Å². The average molecular weight is 356 g/mol. The zero-order valence-corrected chi connectivity index (χ0v) is 13.7. The topological polar surface area (TPSA) is 42.0 Å². The van der Waals surface area contributed by atoms with Gasteiger partial charge < -0.3 is 5.32 Å². The quantitative estimate of drug-likeness (QED) is 0.690. The normalized spacial score (nSPS) is 11.3. The molecule has 0 saturated heterocycles. The number of nitrogens with zero attached hydrogens (tertiary/aromatic N) is 1. The van der Waals surface area contributed by atoms with Crippen LogP contribution in [0.1, 0.15) is 17.5 Å². The summed E-state index contributed by atoms with van der Waals surface area (Å²) in [6.45, 7) is 3.81. The molecule has 2 aromatic carbocycles. The van der Waals surface area contributed by atoms with Gasteiger partial charge in [0.25, 0.3) is 0 Å². The number of hydrogen-bond acceptors (Lipinski definition) is 2. The first kappa shape index (κ1) is 17.7. The molecule has 1 heterocycles. The van der Waals surface area contributed by atoms with E-state index in [-0.39, 0.29) is 12.3 Å². The van der Waals surface area contributed by atoms with E-state index >= 15 is 0 Å². The second kappa shape index (κ2) is 7.00. The molecule has 0 unspecified atom stereocenters. The predicted octanol–water partition coefficient (Wildman–Crippen LogP) is 5.30. The highest BCUT2D eigenvalue weighted by atomic mass is 19.4. The van der Waals surface area contributed by atoms with Crippen molar-refractivity contribution in [2.24, 2.45) is 0 Å². The maximum Gasteiger partial charge on any atom is 0.416 e. The van der Waals surface area contributed by atoms with Gasteiger partial charge in [-0.1, -0.05) is 30.8 Å². The zero-order chi connectivity index (χ0) is 18.7. The number of hydrogen-bond donors (Lipinski definition) is 1. The first-order chi connectivity index (χ1) is 12.3. The molecule has 3 rings (SSSR count). The lowest BCUT2D eigenvalue weighted by atomic mass is 10.0. The van der Waals surface area contributed by atoms with Crippen molar-refractivity contribution in [1.82, 2.24) is 4.98 Å². The highest BCUT2D eigenvalue weighted by Gasteiger charge is 2.30. The molecule has 0 bridgehead atoms. The van der Waals surface area contributed by atoms with Crippen LogP contribution in [0.5, 0.6) is 0 Å². The summed E-state index contributed by atoms with van der Waals surface area (Å²) in [6.07, 6.45) is -1.07. The number of benzene rings is 2. The Balaban J connectivity index is 1.70. The van der Waals surface area contributed by atoms with Gasteiger partial charge in [-0.05, 0) is 35.4 Å². The minimum Gasteiger partial charge on any atom is -0.325 e. The van der Waals surface area contributed by atoms with Crippen molar-refractivity contribution in [3.8, 4) is 0 Å². The third-order valence-corrected chi connectivity index (χ3v) is 3.95. The van der Waals surface area contributed by atoms with Gasteiger partial charge in [-0.25, -0.2) is 0 Å². The molecule has 0 fully saturated rings. The lowest BCUT2D eigenvalue weighted by Crippen LogP contribution is -2.12. The number of halogens is 3. The second-order valence-corrected chi connectivity index (χ2v) is 5.81. The summed E-state index contributed by atoms with van der Waals surface area (Å²) >= 11 is 0. The Hall–Kier alpha value is -3.15. The minimum absolute atomic E-state index is 0.0210. The Morgan fingerprint density at radius 1 is 1.08 bits per heavy atom. The molecule has 1 N–H and O–H groups in total. The molecular formula is C20H15F3N2O. The summed E-state index contributed by atoms with van der Waals surface area (Å²) in [4.78, 5) is 16.3. The molecule has 1 aromatic heterocycles. The van der Waals surface area contributed by atoms with E-state index in [4.69, 9.17) is 0 Å². The number of nitrogens with one attached hydrogen (secondary N) is 1. The van der Waals surface area contributed by atoms with Crippen molar-refractivity contribution in [2.75, 3.05) is 5.32 Å². The lowest BCUT2D eigenvalue weighted by molar-refractivity contribution is -0.137. The molecule has 26 heavy (non-hydrogen) atoms. The van der Waals surface area contributed by atoms with Crippen molar-refractivity contribution in [3.63, 3.8) is 0 Å². The molecule has 3 aromatic rings. The largest absolute Gasteiger partial charge is 0.416 e. The number of carbonyl (C=O) groups excluding carboxylic acids is 1. The van der Waals surface area contributed by atoms with Crippen LogP contribution in [-0.4, -0.2) is 10.9 Å². The Morgan fingerprint density at radius 3 is 2.50 bits per heavy atom. The summed E-state index contributed by atoms with van der Waals surface area (Å²) in [5.41, 5.74) is 0.853. The van der Waals surface area contributed by atoms with Crippen LogP contribution in [0.2, 0.25) is 0 Å². The van der Waals surface area contributed by atoms with E-state index in [1.54, 1.807) is 24.5 Å². The van der Waals surface area contributed by atoms with Crippen molar-refractivity contribution < 1.29 is 18.0 Å². The second-order valence-electron chi connectivity index (χ2n) is 5.81. The number of pyridine rings is 1. The van der Waals surface area contributed by atoms with Crippen molar-refractivity contribution >= 4 is 27.9 Å². The van der Waals surface area contributed by atoms with Gasteiger partial charge in [-0.15, -0.1) is 0 Å². The predicted molar refractivity (Wildman–Crippen MR) is 95.5 cm³/mol.